The maximum atomic E-state index is 13.1. The van der Waals surface area contributed by atoms with Gasteiger partial charge in [-0.1, -0.05) is 37.3 Å². The van der Waals surface area contributed by atoms with Gasteiger partial charge in [0, 0.05) is 25.5 Å². The molecule has 0 spiro atoms. The zero-order chi connectivity index (χ0) is 15.5. The summed E-state index contributed by atoms with van der Waals surface area (Å²) in [4.78, 5) is 15.2. The van der Waals surface area contributed by atoms with Crippen molar-refractivity contribution in [2.24, 2.45) is 7.05 Å². The van der Waals surface area contributed by atoms with Gasteiger partial charge in [0.1, 0.15) is 5.37 Å². The highest BCUT2D eigenvalue weighted by Crippen LogP contribution is 2.40. The zero-order valence-corrected chi connectivity index (χ0v) is 13.9. The number of carbonyl (C=O) groups is 1. The third kappa shape index (κ3) is 2.80. The van der Waals surface area contributed by atoms with Crippen LogP contribution in [0.1, 0.15) is 35.9 Å². The van der Waals surface area contributed by atoms with Gasteiger partial charge in [-0.15, -0.1) is 11.8 Å². The fourth-order valence-electron chi connectivity index (χ4n) is 3.11. The van der Waals surface area contributed by atoms with Crippen LogP contribution in [0, 0.1) is 0 Å². The molecule has 1 aromatic carbocycles. The smallest absolute Gasteiger partial charge is 0.231 e. The minimum Gasteiger partial charge on any atom is -0.352 e. The summed E-state index contributed by atoms with van der Waals surface area (Å²) in [6.45, 7) is 2.93. The third-order valence-electron chi connectivity index (χ3n) is 4.32. The van der Waals surface area contributed by atoms with Gasteiger partial charge in [-0.2, -0.15) is 0 Å². The van der Waals surface area contributed by atoms with Crippen molar-refractivity contribution < 1.29 is 4.79 Å². The van der Waals surface area contributed by atoms with E-state index in [1.54, 1.807) is 0 Å². The van der Waals surface area contributed by atoms with Gasteiger partial charge in [-0.25, -0.2) is 0 Å². The molecule has 3 rings (SSSR count). The molecule has 0 bridgehead atoms. The maximum Gasteiger partial charge on any atom is 0.231 e. The average molecular weight is 314 g/mol. The van der Waals surface area contributed by atoms with Gasteiger partial charge in [-0.3, -0.25) is 4.79 Å². The normalized spacial score (nSPS) is 19.4. The van der Waals surface area contributed by atoms with Crippen LogP contribution in [-0.4, -0.2) is 27.7 Å². The van der Waals surface area contributed by atoms with Crippen molar-refractivity contribution >= 4 is 17.7 Å². The second-order valence-electron chi connectivity index (χ2n) is 5.67. The Morgan fingerprint density at radius 3 is 2.68 bits per heavy atom. The molecule has 0 unspecified atom stereocenters. The summed E-state index contributed by atoms with van der Waals surface area (Å²) in [5.74, 6) is 1.22. The Labute approximate surface area is 136 Å². The highest BCUT2D eigenvalue weighted by molar-refractivity contribution is 7.99. The number of thioether (sulfide) groups is 1. The summed E-state index contributed by atoms with van der Waals surface area (Å²) in [7, 11) is 2.05. The van der Waals surface area contributed by atoms with Gasteiger partial charge in [0.05, 0.1) is 11.6 Å². The monoisotopic (exact) mass is 314 g/mol. The number of amides is 1. The molecule has 22 heavy (non-hydrogen) atoms. The molecule has 116 valence electrons. The highest BCUT2D eigenvalue weighted by Gasteiger charge is 2.35. The lowest BCUT2D eigenvalue weighted by atomic mass is 9.95. The molecule has 0 aliphatic carbocycles. The number of benzene rings is 1. The Bertz CT molecular complexity index is 638. The molecule has 1 saturated heterocycles. The van der Waals surface area contributed by atoms with E-state index in [1.165, 1.54) is 5.69 Å². The first-order valence-electron chi connectivity index (χ1n) is 7.80. The van der Waals surface area contributed by atoms with E-state index < -0.39 is 0 Å². The van der Waals surface area contributed by atoms with Gasteiger partial charge in [0.25, 0.3) is 0 Å². The molecule has 4 heteroatoms. The van der Waals surface area contributed by atoms with Crippen LogP contribution in [0.15, 0.2) is 48.7 Å². The van der Waals surface area contributed by atoms with Crippen LogP contribution in [0.25, 0.3) is 0 Å². The van der Waals surface area contributed by atoms with Crippen LogP contribution in [-0.2, 0) is 11.8 Å². The fraction of sp³-hybridized carbons (Fsp3) is 0.389. The molecule has 1 aromatic heterocycles. The second kappa shape index (κ2) is 6.61. The highest BCUT2D eigenvalue weighted by atomic mass is 32.2. The summed E-state index contributed by atoms with van der Waals surface area (Å²) in [5, 5.41) is 0.144. The lowest BCUT2D eigenvalue weighted by molar-refractivity contribution is -0.133. The molecule has 2 atom stereocenters. The van der Waals surface area contributed by atoms with E-state index in [0.29, 0.717) is 0 Å². The van der Waals surface area contributed by atoms with E-state index >= 15 is 0 Å². The minimum absolute atomic E-state index is 0.0392. The molecule has 1 aliphatic rings. The standard InChI is InChI=1S/C18H22N2OS/c1-3-15(14-8-5-4-6-9-14)17(21)20-12-13-22-18(20)16-10-7-11-19(16)2/h4-11,15,18H,3,12-13H2,1-2H3/t15-,18-/m1/s1. The summed E-state index contributed by atoms with van der Waals surface area (Å²) in [6, 6.07) is 14.3. The van der Waals surface area contributed by atoms with Crippen molar-refractivity contribution in [3.05, 3.63) is 59.9 Å². The second-order valence-corrected chi connectivity index (χ2v) is 6.86. The molecule has 1 amide bonds. The zero-order valence-electron chi connectivity index (χ0n) is 13.1. The third-order valence-corrected chi connectivity index (χ3v) is 5.55. The number of aryl methyl sites for hydroxylation is 1. The van der Waals surface area contributed by atoms with Gasteiger partial charge in [0.2, 0.25) is 5.91 Å². The Hall–Kier alpha value is -1.68. The van der Waals surface area contributed by atoms with Crippen molar-refractivity contribution in [3.63, 3.8) is 0 Å². The topological polar surface area (TPSA) is 25.2 Å². The van der Waals surface area contributed by atoms with Crippen LogP contribution in [0.4, 0.5) is 0 Å². The van der Waals surface area contributed by atoms with Crippen molar-refractivity contribution in [1.29, 1.82) is 0 Å². The summed E-state index contributed by atoms with van der Waals surface area (Å²) in [6.07, 6.45) is 2.88. The summed E-state index contributed by atoms with van der Waals surface area (Å²) in [5.41, 5.74) is 2.33. The van der Waals surface area contributed by atoms with E-state index in [4.69, 9.17) is 0 Å². The maximum absolute atomic E-state index is 13.1. The number of carbonyl (C=O) groups excluding carboxylic acids is 1. The van der Waals surface area contributed by atoms with Gasteiger partial charge in [-0.05, 0) is 24.1 Å². The Morgan fingerprint density at radius 2 is 2.05 bits per heavy atom. The van der Waals surface area contributed by atoms with Gasteiger partial charge >= 0.3 is 0 Å². The minimum atomic E-state index is -0.0392. The SMILES string of the molecule is CC[C@@H](C(=O)N1CCS[C@@H]1c1cccn1C)c1ccccc1. The van der Waals surface area contributed by atoms with E-state index in [2.05, 4.69) is 34.6 Å². The molecule has 0 N–H and O–H groups in total. The van der Waals surface area contributed by atoms with Crippen molar-refractivity contribution in [1.82, 2.24) is 9.47 Å². The average Bonchev–Trinajstić information content (AvgIpc) is 3.17. The van der Waals surface area contributed by atoms with Crippen LogP contribution < -0.4 is 0 Å². The van der Waals surface area contributed by atoms with Gasteiger partial charge < -0.3 is 9.47 Å². The number of nitrogens with zero attached hydrogens (tertiary/aromatic N) is 2. The molecule has 1 aliphatic heterocycles. The molecular formula is C18H22N2OS. The Morgan fingerprint density at radius 1 is 1.27 bits per heavy atom. The van der Waals surface area contributed by atoms with E-state index in [-0.39, 0.29) is 17.2 Å². The lowest BCUT2D eigenvalue weighted by Gasteiger charge is -2.28. The van der Waals surface area contributed by atoms with Crippen LogP contribution >= 0.6 is 11.8 Å². The first-order chi connectivity index (χ1) is 10.7. The summed E-state index contributed by atoms with van der Waals surface area (Å²) < 4.78 is 2.12. The Balaban J connectivity index is 1.85. The summed E-state index contributed by atoms with van der Waals surface area (Å²) >= 11 is 1.86. The van der Waals surface area contributed by atoms with Crippen LogP contribution in [0.2, 0.25) is 0 Å². The Kier molecular flexibility index (Phi) is 4.57. The van der Waals surface area contributed by atoms with Crippen LogP contribution in [0.3, 0.4) is 0 Å². The van der Waals surface area contributed by atoms with E-state index in [0.717, 1.165) is 24.3 Å². The first kappa shape index (κ1) is 15.2. The van der Waals surface area contributed by atoms with E-state index in [1.807, 2.05) is 49.3 Å². The quantitative estimate of drug-likeness (QED) is 0.858. The van der Waals surface area contributed by atoms with Crippen LogP contribution in [0.5, 0.6) is 0 Å². The largest absolute Gasteiger partial charge is 0.352 e. The molecular weight excluding hydrogens is 292 g/mol. The number of hydrogen-bond donors (Lipinski definition) is 0. The number of hydrogen-bond acceptors (Lipinski definition) is 2. The molecule has 2 aromatic rings. The number of rotatable bonds is 4. The molecule has 1 fully saturated rings. The number of aromatic nitrogens is 1. The lowest BCUT2D eigenvalue weighted by Crippen LogP contribution is -2.35. The predicted molar refractivity (Wildman–Crippen MR) is 91.8 cm³/mol. The predicted octanol–water partition coefficient (Wildman–Crippen LogP) is 3.79. The molecule has 2 heterocycles. The van der Waals surface area contributed by atoms with Crippen molar-refractivity contribution in [3.8, 4) is 0 Å². The fourth-order valence-corrected chi connectivity index (χ4v) is 4.44. The van der Waals surface area contributed by atoms with Gasteiger partial charge in [0.15, 0.2) is 0 Å². The van der Waals surface area contributed by atoms with E-state index in [9.17, 15) is 4.79 Å². The molecule has 0 radical (unpaired) electrons. The molecule has 3 nitrogen and oxygen atoms in total. The molecule has 0 saturated carbocycles. The van der Waals surface area contributed by atoms with Crippen molar-refractivity contribution in [2.75, 3.05) is 12.3 Å². The van der Waals surface area contributed by atoms with Crippen molar-refractivity contribution in [2.45, 2.75) is 24.6 Å². The first-order valence-corrected chi connectivity index (χ1v) is 8.85.